The lowest BCUT2D eigenvalue weighted by Gasteiger charge is -2.27. The molecule has 12 heavy (non-hydrogen) atoms. The molecule has 0 radical (unpaired) electrons. The van der Waals surface area contributed by atoms with Gasteiger partial charge in [0.25, 0.3) is 0 Å². The Balaban J connectivity index is 2.28. The zero-order valence-electron chi connectivity index (χ0n) is 7.68. The third-order valence-electron chi connectivity index (χ3n) is 2.48. The van der Waals surface area contributed by atoms with Gasteiger partial charge in [-0.2, -0.15) is 11.8 Å². The van der Waals surface area contributed by atoms with Crippen LogP contribution in [0.4, 0.5) is 4.39 Å². The van der Waals surface area contributed by atoms with Crippen molar-refractivity contribution in [1.29, 1.82) is 0 Å². The van der Waals surface area contributed by atoms with E-state index in [1.807, 2.05) is 11.8 Å². The average molecular weight is 191 g/mol. The molecule has 0 spiro atoms. The molecule has 2 N–H and O–H groups in total. The van der Waals surface area contributed by atoms with E-state index >= 15 is 0 Å². The van der Waals surface area contributed by atoms with Gasteiger partial charge in [0.1, 0.15) is 5.67 Å². The second kappa shape index (κ2) is 4.47. The molecule has 1 fully saturated rings. The number of thioether (sulfide) groups is 1. The Bertz CT molecular complexity index is 132. The summed E-state index contributed by atoms with van der Waals surface area (Å²) in [6.07, 6.45) is 3.00. The molecule has 1 atom stereocenters. The fourth-order valence-corrected chi connectivity index (χ4v) is 2.84. The Labute approximate surface area is 78.3 Å². The Morgan fingerprint density at radius 3 is 2.58 bits per heavy atom. The van der Waals surface area contributed by atoms with Crippen LogP contribution in [0.25, 0.3) is 0 Å². The van der Waals surface area contributed by atoms with Crippen molar-refractivity contribution in [2.45, 2.75) is 31.9 Å². The Morgan fingerprint density at radius 1 is 1.50 bits per heavy atom. The quantitative estimate of drug-likeness (QED) is 0.740. The van der Waals surface area contributed by atoms with Crippen molar-refractivity contribution in [2.75, 3.05) is 18.1 Å². The molecular formula is C9H18FNS. The molecule has 1 heterocycles. The SMILES string of the molecule is CC(F)(CN)CC1CCSCC1. The minimum absolute atomic E-state index is 0.163. The van der Waals surface area contributed by atoms with Gasteiger partial charge < -0.3 is 5.73 Å². The van der Waals surface area contributed by atoms with Crippen molar-refractivity contribution >= 4 is 11.8 Å². The highest BCUT2D eigenvalue weighted by molar-refractivity contribution is 7.99. The molecule has 0 amide bonds. The first kappa shape index (κ1) is 10.3. The molecular weight excluding hydrogens is 173 g/mol. The van der Waals surface area contributed by atoms with Crippen LogP contribution < -0.4 is 5.73 Å². The van der Waals surface area contributed by atoms with Crippen LogP contribution in [-0.2, 0) is 0 Å². The van der Waals surface area contributed by atoms with Crippen molar-refractivity contribution in [3.05, 3.63) is 0 Å². The largest absolute Gasteiger partial charge is 0.328 e. The highest BCUT2D eigenvalue weighted by atomic mass is 32.2. The molecule has 0 aliphatic carbocycles. The fraction of sp³-hybridized carbons (Fsp3) is 1.00. The maximum Gasteiger partial charge on any atom is 0.120 e. The first-order chi connectivity index (χ1) is 5.64. The second-order valence-electron chi connectivity index (χ2n) is 3.88. The first-order valence-electron chi connectivity index (χ1n) is 4.61. The summed E-state index contributed by atoms with van der Waals surface area (Å²) in [5.74, 6) is 2.97. The molecule has 1 unspecified atom stereocenters. The predicted octanol–water partition coefficient (Wildman–Crippen LogP) is 2.21. The number of alkyl halides is 1. The van der Waals surface area contributed by atoms with E-state index in [0.717, 1.165) is 0 Å². The lowest BCUT2D eigenvalue weighted by molar-refractivity contribution is 0.151. The van der Waals surface area contributed by atoms with Crippen molar-refractivity contribution in [3.8, 4) is 0 Å². The standard InChI is InChI=1S/C9H18FNS/c1-9(10,7-11)6-8-2-4-12-5-3-8/h8H,2-7,11H2,1H3. The van der Waals surface area contributed by atoms with Crippen molar-refractivity contribution < 1.29 is 4.39 Å². The van der Waals surface area contributed by atoms with Crippen LogP contribution in [0.1, 0.15) is 26.2 Å². The molecule has 0 saturated carbocycles. The molecule has 1 saturated heterocycles. The summed E-state index contributed by atoms with van der Waals surface area (Å²) in [5, 5.41) is 0. The zero-order chi connectivity index (χ0) is 9.03. The van der Waals surface area contributed by atoms with Gasteiger partial charge in [-0.25, -0.2) is 4.39 Å². The summed E-state index contributed by atoms with van der Waals surface area (Å²) in [4.78, 5) is 0. The van der Waals surface area contributed by atoms with Crippen LogP contribution in [0.2, 0.25) is 0 Å². The average Bonchev–Trinajstić information content (AvgIpc) is 2.06. The van der Waals surface area contributed by atoms with E-state index in [4.69, 9.17) is 5.73 Å². The van der Waals surface area contributed by atoms with Crippen LogP contribution in [0.3, 0.4) is 0 Å². The second-order valence-corrected chi connectivity index (χ2v) is 5.10. The zero-order valence-corrected chi connectivity index (χ0v) is 8.50. The number of hydrogen-bond donors (Lipinski definition) is 1. The number of halogens is 1. The summed E-state index contributed by atoms with van der Waals surface area (Å²) < 4.78 is 13.5. The van der Waals surface area contributed by atoms with Gasteiger partial charge in [0.05, 0.1) is 0 Å². The monoisotopic (exact) mass is 191 g/mol. The molecule has 0 aromatic rings. The third-order valence-corrected chi connectivity index (χ3v) is 3.53. The highest BCUT2D eigenvalue weighted by Gasteiger charge is 2.26. The third kappa shape index (κ3) is 3.31. The van der Waals surface area contributed by atoms with Crippen LogP contribution in [0.5, 0.6) is 0 Å². The summed E-state index contributed by atoms with van der Waals surface area (Å²) in [7, 11) is 0. The van der Waals surface area contributed by atoms with E-state index in [-0.39, 0.29) is 6.54 Å². The number of hydrogen-bond acceptors (Lipinski definition) is 2. The maximum atomic E-state index is 13.5. The number of rotatable bonds is 3. The molecule has 1 nitrogen and oxygen atoms in total. The Kier molecular flexibility index (Phi) is 3.84. The Hall–Kier alpha value is 0.240. The van der Waals surface area contributed by atoms with E-state index in [9.17, 15) is 4.39 Å². The first-order valence-corrected chi connectivity index (χ1v) is 5.76. The molecule has 1 aliphatic heterocycles. The van der Waals surface area contributed by atoms with E-state index in [2.05, 4.69) is 0 Å². The highest BCUT2D eigenvalue weighted by Crippen LogP contribution is 2.30. The van der Waals surface area contributed by atoms with E-state index < -0.39 is 5.67 Å². The smallest absolute Gasteiger partial charge is 0.120 e. The van der Waals surface area contributed by atoms with Crippen molar-refractivity contribution in [3.63, 3.8) is 0 Å². The van der Waals surface area contributed by atoms with Gasteiger partial charge in [0, 0.05) is 6.54 Å². The van der Waals surface area contributed by atoms with Gasteiger partial charge in [0.2, 0.25) is 0 Å². The molecule has 0 aromatic heterocycles. The molecule has 3 heteroatoms. The predicted molar refractivity (Wildman–Crippen MR) is 53.2 cm³/mol. The lowest BCUT2D eigenvalue weighted by Crippen LogP contribution is -2.32. The van der Waals surface area contributed by atoms with Gasteiger partial charge in [-0.15, -0.1) is 0 Å². The van der Waals surface area contributed by atoms with Crippen LogP contribution in [0, 0.1) is 5.92 Å². The normalized spacial score (nSPS) is 25.2. The Morgan fingerprint density at radius 2 is 2.08 bits per heavy atom. The van der Waals surface area contributed by atoms with Gasteiger partial charge in [-0.05, 0) is 43.6 Å². The molecule has 0 bridgehead atoms. The van der Waals surface area contributed by atoms with Gasteiger partial charge in [-0.3, -0.25) is 0 Å². The summed E-state index contributed by atoms with van der Waals surface area (Å²) in [5.41, 5.74) is 4.21. The topological polar surface area (TPSA) is 26.0 Å². The van der Waals surface area contributed by atoms with E-state index in [0.29, 0.717) is 12.3 Å². The lowest BCUT2D eigenvalue weighted by atomic mass is 9.89. The van der Waals surface area contributed by atoms with Gasteiger partial charge in [0.15, 0.2) is 0 Å². The number of nitrogens with two attached hydrogens (primary N) is 1. The molecule has 1 aliphatic rings. The summed E-state index contributed by atoms with van der Waals surface area (Å²) in [6, 6.07) is 0. The molecule has 1 rings (SSSR count). The summed E-state index contributed by atoms with van der Waals surface area (Å²) >= 11 is 1.98. The summed E-state index contributed by atoms with van der Waals surface area (Å²) in [6.45, 7) is 1.78. The minimum atomic E-state index is -1.13. The molecule has 72 valence electrons. The van der Waals surface area contributed by atoms with Gasteiger partial charge >= 0.3 is 0 Å². The molecule has 0 aromatic carbocycles. The van der Waals surface area contributed by atoms with Crippen LogP contribution in [0.15, 0.2) is 0 Å². The fourth-order valence-electron chi connectivity index (χ4n) is 1.64. The maximum absolute atomic E-state index is 13.5. The van der Waals surface area contributed by atoms with Gasteiger partial charge in [-0.1, -0.05) is 0 Å². The van der Waals surface area contributed by atoms with Crippen molar-refractivity contribution in [2.24, 2.45) is 11.7 Å². The van der Waals surface area contributed by atoms with E-state index in [1.165, 1.54) is 24.3 Å². The van der Waals surface area contributed by atoms with Crippen molar-refractivity contribution in [1.82, 2.24) is 0 Å². The van der Waals surface area contributed by atoms with Crippen LogP contribution >= 0.6 is 11.8 Å². The van der Waals surface area contributed by atoms with E-state index in [1.54, 1.807) is 6.92 Å². The van der Waals surface area contributed by atoms with Crippen LogP contribution in [-0.4, -0.2) is 23.7 Å². The minimum Gasteiger partial charge on any atom is -0.328 e.